The smallest absolute Gasteiger partial charge is 0.0458 e. The molecule has 0 radical (unpaired) electrons. The molecule has 0 amide bonds. The molecule has 0 aliphatic heterocycles. The van der Waals surface area contributed by atoms with Crippen LogP contribution in [0.4, 0.5) is 5.69 Å². The van der Waals surface area contributed by atoms with Crippen LogP contribution in [0, 0.1) is 47.0 Å². The van der Waals surface area contributed by atoms with Crippen molar-refractivity contribution >= 4 is 5.69 Å². The second-order valence-electron chi connectivity index (χ2n) is 12.9. The molecule has 0 spiro atoms. The molecule has 4 aromatic rings. The Labute approximate surface area is 237 Å². The molecule has 1 atom stereocenters. The van der Waals surface area contributed by atoms with E-state index >= 15 is 0 Å². The van der Waals surface area contributed by atoms with Gasteiger partial charge in [0.25, 0.3) is 0 Å². The number of benzene rings is 4. The first-order valence-corrected chi connectivity index (χ1v) is 14.5. The minimum Gasteiger partial charge on any atom is -0.380 e. The highest BCUT2D eigenvalue weighted by Crippen LogP contribution is 2.48. The molecule has 1 unspecified atom stereocenters. The van der Waals surface area contributed by atoms with E-state index in [1.54, 1.807) is 0 Å². The van der Waals surface area contributed by atoms with Crippen molar-refractivity contribution in [3.8, 4) is 22.3 Å². The molecule has 0 saturated heterocycles. The Kier molecular flexibility index (Phi) is 8.40. The van der Waals surface area contributed by atoms with Gasteiger partial charge in [0.1, 0.15) is 0 Å². The fourth-order valence-corrected chi connectivity index (χ4v) is 6.19. The Balaban J connectivity index is 2.05. The normalized spacial score (nSPS) is 12.5. The molecule has 4 aromatic carbocycles. The van der Waals surface area contributed by atoms with Gasteiger partial charge in [-0.1, -0.05) is 94.4 Å². The second kappa shape index (κ2) is 11.4. The van der Waals surface area contributed by atoms with Crippen molar-refractivity contribution < 1.29 is 0 Å². The lowest BCUT2D eigenvalue weighted by molar-refractivity contribution is 0.348. The average Bonchev–Trinajstić information content (AvgIpc) is 2.87. The highest BCUT2D eigenvalue weighted by atomic mass is 14.9. The molecule has 0 aromatic heterocycles. The summed E-state index contributed by atoms with van der Waals surface area (Å²) >= 11 is 0. The van der Waals surface area contributed by atoms with Gasteiger partial charge in [-0.3, -0.25) is 0 Å². The van der Waals surface area contributed by atoms with Gasteiger partial charge in [-0.2, -0.15) is 0 Å². The van der Waals surface area contributed by atoms with Crippen molar-refractivity contribution in [3.05, 3.63) is 111 Å². The fraction of sp³-hybridized carbons (Fsp3) is 0.368. The van der Waals surface area contributed by atoms with Gasteiger partial charge in [-0.25, -0.2) is 0 Å². The van der Waals surface area contributed by atoms with Crippen LogP contribution < -0.4 is 5.32 Å². The van der Waals surface area contributed by atoms with Gasteiger partial charge in [-0.15, -0.1) is 0 Å². The summed E-state index contributed by atoms with van der Waals surface area (Å²) in [5, 5.41) is 3.93. The summed E-state index contributed by atoms with van der Waals surface area (Å²) in [6.45, 7) is 23.9. The van der Waals surface area contributed by atoms with Gasteiger partial charge >= 0.3 is 0 Å². The second-order valence-corrected chi connectivity index (χ2v) is 12.9. The lowest BCUT2D eigenvalue weighted by Gasteiger charge is -2.31. The van der Waals surface area contributed by atoms with E-state index in [9.17, 15) is 0 Å². The van der Waals surface area contributed by atoms with Gasteiger partial charge < -0.3 is 5.32 Å². The molecule has 0 aliphatic carbocycles. The number of hydrogen-bond donors (Lipinski definition) is 1. The lowest BCUT2D eigenvalue weighted by atomic mass is 9.75. The fourth-order valence-electron chi connectivity index (χ4n) is 6.19. The Hall–Kier alpha value is -3.32. The number of anilines is 1. The van der Waals surface area contributed by atoms with E-state index in [1.807, 2.05) is 0 Å². The summed E-state index contributed by atoms with van der Waals surface area (Å²) < 4.78 is 0. The molecule has 0 bridgehead atoms. The maximum Gasteiger partial charge on any atom is 0.0458 e. The number of aryl methyl sites for hydroxylation is 4. The van der Waals surface area contributed by atoms with E-state index < -0.39 is 0 Å². The van der Waals surface area contributed by atoms with Crippen LogP contribution in [0.3, 0.4) is 0 Å². The quantitative estimate of drug-likeness (QED) is 0.257. The van der Waals surface area contributed by atoms with E-state index in [1.165, 1.54) is 72.4 Å². The Morgan fingerprint density at radius 1 is 0.641 bits per heavy atom. The monoisotopic (exact) mass is 517 g/mol. The first kappa shape index (κ1) is 28.7. The highest BCUT2D eigenvalue weighted by molar-refractivity contribution is 5.92. The van der Waals surface area contributed by atoms with Crippen LogP contribution in [0.1, 0.15) is 84.5 Å². The van der Waals surface area contributed by atoms with Crippen molar-refractivity contribution in [2.75, 3.05) is 5.32 Å². The minimum atomic E-state index is 0.241. The third kappa shape index (κ3) is 6.30. The van der Waals surface area contributed by atoms with E-state index in [4.69, 9.17) is 0 Å². The standard InChI is InChI=1S/C38H47N/c1-24-16-18-32(20-26(24)3)35-29(6)36(33-19-17-25(2)27(4)21-33)37(39-23-31-14-12-11-13-15-31)30(7)34(35)28(5)22-38(8,9)10/h11-21,28,39H,22-23H2,1-10H3. The maximum absolute atomic E-state index is 3.93. The van der Waals surface area contributed by atoms with Crippen LogP contribution in [-0.4, -0.2) is 0 Å². The van der Waals surface area contributed by atoms with E-state index in [-0.39, 0.29) is 5.41 Å². The lowest BCUT2D eigenvalue weighted by Crippen LogP contribution is -2.14. The van der Waals surface area contributed by atoms with Crippen LogP contribution in [-0.2, 0) is 6.54 Å². The van der Waals surface area contributed by atoms with Gasteiger partial charge in [0.2, 0.25) is 0 Å². The molecule has 0 heterocycles. The van der Waals surface area contributed by atoms with E-state index in [2.05, 4.69) is 141 Å². The van der Waals surface area contributed by atoms with Crippen LogP contribution in [0.2, 0.25) is 0 Å². The van der Waals surface area contributed by atoms with Crippen molar-refractivity contribution in [2.24, 2.45) is 5.41 Å². The maximum atomic E-state index is 3.93. The summed E-state index contributed by atoms with van der Waals surface area (Å²) in [6.07, 6.45) is 1.13. The third-order valence-electron chi connectivity index (χ3n) is 8.36. The summed E-state index contributed by atoms with van der Waals surface area (Å²) in [5.74, 6) is 0.423. The number of hydrogen-bond acceptors (Lipinski definition) is 1. The zero-order valence-corrected chi connectivity index (χ0v) is 25.8. The van der Waals surface area contributed by atoms with Crippen LogP contribution in [0.25, 0.3) is 22.3 Å². The van der Waals surface area contributed by atoms with Crippen LogP contribution >= 0.6 is 0 Å². The van der Waals surface area contributed by atoms with Crippen molar-refractivity contribution in [1.82, 2.24) is 0 Å². The molecule has 1 nitrogen and oxygen atoms in total. The summed E-state index contributed by atoms with van der Waals surface area (Å²) in [7, 11) is 0. The van der Waals surface area contributed by atoms with Gasteiger partial charge in [0.05, 0.1) is 0 Å². The predicted octanol–water partition coefficient (Wildman–Crippen LogP) is 11.0. The zero-order valence-electron chi connectivity index (χ0n) is 25.8. The molecule has 0 saturated carbocycles. The molecule has 39 heavy (non-hydrogen) atoms. The Morgan fingerprint density at radius 2 is 1.18 bits per heavy atom. The predicted molar refractivity (Wildman–Crippen MR) is 172 cm³/mol. The van der Waals surface area contributed by atoms with Crippen molar-refractivity contribution in [3.63, 3.8) is 0 Å². The summed E-state index contributed by atoms with van der Waals surface area (Å²) in [5.41, 5.74) is 17.7. The van der Waals surface area contributed by atoms with Crippen molar-refractivity contribution in [2.45, 2.75) is 88.1 Å². The SMILES string of the molecule is Cc1ccc(-c2c(C)c(-c3ccc(C)c(C)c3)c(C(C)CC(C)(C)C)c(C)c2NCc2ccccc2)cc1C. The third-order valence-corrected chi connectivity index (χ3v) is 8.36. The van der Waals surface area contributed by atoms with E-state index in [0.717, 1.165) is 13.0 Å². The molecular weight excluding hydrogens is 470 g/mol. The van der Waals surface area contributed by atoms with Crippen LogP contribution in [0.5, 0.6) is 0 Å². The number of rotatable bonds is 7. The average molecular weight is 518 g/mol. The summed E-state index contributed by atoms with van der Waals surface area (Å²) in [4.78, 5) is 0. The topological polar surface area (TPSA) is 12.0 Å². The van der Waals surface area contributed by atoms with Gasteiger partial charge in [-0.05, 0) is 120 Å². The molecule has 1 heteroatoms. The Morgan fingerprint density at radius 3 is 1.69 bits per heavy atom. The molecule has 0 fully saturated rings. The first-order valence-electron chi connectivity index (χ1n) is 14.5. The van der Waals surface area contributed by atoms with Gasteiger partial charge in [0, 0.05) is 17.8 Å². The highest BCUT2D eigenvalue weighted by Gasteiger charge is 2.27. The van der Waals surface area contributed by atoms with E-state index in [0.29, 0.717) is 5.92 Å². The number of nitrogens with one attached hydrogen (secondary N) is 1. The molecule has 1 N–H and O–H groups in total. The molecule has 0 aliphatic rings. The minimum absolute atomic E-state index is 0.241. The van der Waals surface area contributed by atoms with Gasteiger partial charge in [0.15, 0.2) is 0 Å². The molecule has 204 valence electrons. The Bertz CT molecular complexity index is 1470. The largest absolute Gasteiger partial charge is 0.380 e. The molecule has 4 rings (SSSR count). The zero-order chi connectivity index (χ0) is 28.5. The van der Waals surface area contributed by atoms with Crippen LogP contribution in [0.15, 0.2) is 66.7 Å². The van der Waals surface area contributed by atoms with Crippen molar-refractivity contribution in [1.29, 1.82) is 0 Å². The molecular formula is C38H47N. The first-order chi connectivity index (χ1) is 18.4. The summed E-state index contributed by atoms with van der Waals surface area (Å²) in [6, 6.07) is 24.7.